The molecule has 0 aromatic heterocycles. The molecule has 0 aliphatic carbocycles. The van der Waals surface area contributed by atoms with Crippen LogP contribution in [-0.2, 0) is 14.3 Å². The maximum Gasteiger partial charge on any atom is 0.330 e. The number of amides is 1. The van der Waals surface area contributed by atoms with E-state index in [0.29, 0.717) is 0 Å². The lowest BCUT2D eigenvalue weighted by Crippen LogP contribution is -2.32. The van der Waals surface area contributed by atoms with Crippen molar-refractivity contribution in [2.75, 3.05) is 11.9 Å². The summed E-state index contributed by atoms with van der Waals surface area (Å²) in [6.45, 7) is 1.95. The van der Waals surface area contributed by atoms with Gasteiger partial charge in [0.05, 0.1) is 6.61 Å². The molecule has 0 saturated heterocycles. The van der Waals surface area contributed by atoms with Gasteiger partial charge in [0.15, 0.2) is 5.11 Å². The number of nitrogens with one attached hydrogen (secondary N) is 2. The smallest absolute Gasteiger partial charge is 0.330 e. The zero-order valence-electron chi connectivity index (χ0n) is 10.4. The maximum absolute atomic E-state index is 11.4. The molecule has 0 radical (unpaired) electrons. The number of carbonyl (C=O) groups is 2. The molecule has 0 fully saturated rings. The molecule has 0 aliphatic rings. The summed E-state index contributed by atoms with van der Waals surface area (Å²) in [5, 5.41) is 5.40. The Kier molecular flexibility index (Phi) is 6.25. The Morgan fingerprint density at radius 3 is 2.58 bits per heavy atom. The quantitative estimate of drug-likeness (QED) is 0.497. The summed E-state index contributed by atoms with van der Waals surface area (Å²) in [7, 11) is 0. The van der Waals surface area contributed by atoms with Crippen molar-refractivity contribution in [2.45, 2.75) is 6.92 Å². The Labute approximate surface area is 116 Å². The van der Waals surface area contributed by atoms with E-state index in [2.05, 4.69) is 15.4 Å². The van der Waals surface area contributed by atoms with Crippen molar-refractivity contribution in [3.63, 3.8) is 0 Å². The first-order valence-electron chi connectivity index (χ1n) is 5.63. The molecule has 1 aromatic carbocycles. The van der Waals surface area contributed by atoms with Gasteiger partial charge >= 0.3 is 5.97 Å². The largest absolute Gasteiger partial charge is 0.463 e. The van der Waals surface area contributed by atoms with E-state index in [0.717, 1.165) is 17.8 Å². The highest BCUT2D eigenvalue weighted by molar-refractivity contribution is 7.80. The summed E-state index contributed by atoms with van der Waals surface area (Å²) in [6, 6.07) is 9.18. The average molecular weight is 278 g/mol. The normalized spacial score (nSPS) is 9.95. The van der Waals surface area contributed by atoms with E-state index in [1.54, 1.807) is 6.92 Å². The van der Waals surface area contributed by atoms with E-state index in [-0.39, 0.29) is 11.7 Å². The van der Waals surface area contributed by atoms with Crippen LogP contribution in [0.1, 0.15) is 6.92 Å². The van der Waals surface area contributed by atoms with Gasteiger partial charge < -0.3 is 10.1 Å². The third-order valence-corrected chi connectivity index (χ3v) is 2.13. The topological polar surface area (TPSA) is 67.4 Å². The van der Waals surface area contributed by atoms with Crippen LogP contribution < -0.4 is 10.6 Å². The standard InChI is InChI=1S/C13H14N2O3S/c1-2-18-12(17)9-8-11(16)15-13(19)14-10-6-4-3-5-7-10/h3-9H,2H2,1H3,(H2,14,15,16,19)/b9-8+. The minimum absolute atomic E-state index is 0.157. The lowest BCUT2D eigenvalue weighted by atomic mass is 10.3. The Bertz CT molecular complexity index is 486. The molecular weight excluding hydrogens is 264 g/mol. The van der Waals surface area contributed by atoms with Gasteiger partial charge in [0.1, 0.15) is 0 Å². The third kappa shape index (κ3) is 6.32. The lowest BCUT2D eigenvalue weighted by Gasteiger charge is -2.07. The number of carbonyl (C=O) groups excluding carboxylic acids is 2. The molecule has 0 saturated carbocycles. The molecule has 100 valence electrons. The van der Waals surface area contributed by atoms with E-state index in [9.17, 15) is 9.59 Å². The number of anilines is 1. The molecule has 0 unspecified atom stereocenters. The van der Waals surface area contributed by atoms with Crippen molar-refractivity contribution < 1.29 is 14.3 Å². The number of hydrogen-bond acceptors (Lipinski definition) is 4. The monoisotopic (exact) mass is 278 g/mol. The Hall–Kier alpha value is -2.21. The summed E-state index contributed by atoms with van der Waals surface area (Å²) in [6.07, 6.45) is 2.11. The molecule has 5 nitrogen and oxygen atoms in total. The van der Waals surface area contributed by atoms with Crippen molar-refractivity contribution >= 4 is 34.9 Å². The minimum Gasteiger partial charge on any atom is -0.463 e. The fraction of sp³-hybridized carbons (Fsp3) is 0.154. The fourth-order valence-corrected chi connectivity index (χ4v) is 1.39. The molecule has 0 bridgehead atoms. The summed E-state index contributed by atoms with van der Waals surface area (Å²) in [5.41, 5.74) is 0.766. The predicted molar refractivity (Wildman–Crippen MR) is 76.6 cm³/mol. The molecule has 0 heterocycles. The maximum atomic E-state index is 11.4. The molecule has 1 amide bonds. The summed E-state index contributed by atoms with van der Waals surface area (Å²) in [4.78, 5) is 22.4. The number of benzene rings is 1. The Morgan fingerprint density at radius 2 is 1.95 bits per heavy atom. The van der Waals surface area contributed by atoms with Gasteiger partial charge in [-0.25, -0.2) is 4.79 Å². The zero-order chi connectivity index (χ0) is 14.1. The molecule has 6 heteroatoms. The second-order valence-electron chi connectivity index (χ2n) is 3.39. The van der Waals surface area contributed by atoms with Crippen LogP contribution in [0.25, 0.3) is 0 Å². The van der Waals surface area contributed by atoms with E-state index >= 15 is 0 Å². The molecule has 1 aromatic rings. The highest BCUT2D eigenvalue weighted by Crippen LogP contribution is 2.04. The number of rotatable bonds is 4. The Morgan fingerprint density at radius 1 is 1.26 bits per heavy atom. The number of ether oxygens (including phenoxy) is 1. The van der Waals surface area contributed by atoms with Crippen LogP contribution in [0.3, 0.4) is 0 Å². The van der Waals surface area contributed by atoms with E-state index in [1.807, 2.05) is 30.3 Å². The first-order chi connectivity index (χ1) is 9.11. The lowest BCUT2D eigenvalue weighted by molar-refractivity contribution is -0.137. The number of hydrogen-bond donors (Lipinski definition) is 2. The molecule has 2 N–H and O–H groups in total. The SMILES string of the molecule is CCOC(=O)/C=C/C(=O)NC(=S)Nc1ccccc1. The van der Waals surface area contributed by atoms with E-state index in [1.165, 1.54) is 0 Å². The highest BCUT2D eigenvalue weighted by Gasteiger charge is 2.02. The van der Waals surface area contributed by atoms with Gasteiger partial charge in [0.2, 0.25) is 5.91 Å². The van der Waals surface area contributed by atoms with Gasteiger partial charge in [0, 0.05) is 17.8 Å². The van der Waals surface area contributed by atoms with Crippen LogP contribution in [0.15, 0.2) is 42.5 Å². The molecule has 0 spiro atoms. The van der Waals surface area contributed by atoms with Crippen LogP contribution in [0.5, 0.6) is 0 Å². The summed E-state index contributed by atoms with van der Waals surface area (Å²) >= 11 is 4.95. The first kappa shape index (κ1) is 14.8. The average Bonchev–Trinajstić information content (AvgIpc) is 2.38. The van der Waals surface area contributed by atoms with Crippen molar-refractivity contribution in [3.8, 4) is 0 Å². The van der Waals surface area contributed by atoms with Gasteiger partial charge in [-0.3, -0.25) is 10.1 Å². The Balaban J connectivity index is 2.40. The summed E-state index contributed by atoms with van der Waals surface area (Å²) in [5.74, 6) is -1.07. The minimum atomic E-state index is -0.570. The molecule has 0 aliphatic heterocycles. The van der Waals surface area contributed by atoms with Gasteiger partial charge in [-0.15, -0.1) is 0 Å². The van der Waals surface area contributed by atoms with Gasteiger partial charge in [-0.1, -0.05) is 18.2 Å². The van der Waals surface area contributed by atoms with Gasteiger partial charge in [-0.2, -0.15) is 0 Å². The number of esters is 1. The van der Waals surface area contributed by atoms with Crippen LogP contribution in [0.2, 0.25) is 0 Å². The fourth-order valence-electron chi connectivity index (χ4n) is 1.17. The molecule has 1 rings (SSSR count). The number of thiocarbonyl (C=S) groups is 1. The van der Waals surface area contributed by atoms with Crippen molar-refractivity contribution in [3.05, 3.63) is 42.5 Å². The van der Waals surface area contributed by atoms with E-state index in [4.69, 9.17) is 12.2 Å². The van der Waals surface area contributed by atoms with Crippen LogP contribution in [0.4, 0.5) is 5.69 Å². The van der Waals surface area contributed by atoms with Crippen molar-refractivity contribution in [1.29, 1.82) is 0 Å². The van der Waals surface area contributed by atoms with Gasteiger partial charge in [-0.05, 0) is 31.3 Å². The van der Waals surface area contributed by atoms with Crippen LogP contribution in [-0.4, -0.2) is 23.6 Å². The van der Waals surface area contributed by atoms with Gasteiger partial charge in [0.25, 0.3) is 0 Å². The molecule has 0 atom stereocenters. The third-order valence-electron chi connectivity index (χ3n) is 1.93. The van der Waals surface area contributed by atoms with Crippen LogP contribution in [0, 0.1) is 0 Å². The molecular formula is C13H14N2O3S. The number of para-hydroxylation sites is 1. The zero-order valence-corrected chi connectivity index (χ0v) is 11.2. The summed E-state index contributed by atoms with van der Waals surface area (Å²) < 4.78 is 4.64. The van der Waals surface area contributed by atoms with Crippen molar-refractivity contribution in [2.24, 2.45) is 0 Å². The highest BCUT2D eigenvalue weighted by atomic mass is 32.1. The molecule has 19 heavy (non-hydrogen) atoms. The van der Waals surface area contributed by atoms with Crippen molar-refractivity contribution in [1.82, 2.24) is 5.32 Å². The predicted octanol–water partition coefficient (Wildman–Crippen LogP) is 1.62. The first-order valence-corrected chi connectivity index (χ1v) is 6.04. The van der Waals surface area contributed by atoms with E-state index < -0.39 is 11.9 Å². The second kappa shape index (κ2) is 7.99. The second-order valence-corrected chi connectivity index (χ2v) is 3.80. The van der Waals surface area contributed by atoms with Crippen LogP contribution >= 0.6 is 12.2 Å².